The van der Waals surface area contributed by atoms with Gasteiger partial charge >= 0.3 is 0 Å². The van der Waals surface area contributed by atoms with Crippen LogP contribution in [-0.2, 0) is 22.2 Å². The molecule has 0 bridgehead atoms. The number of nitrogens with zero attached hydrogens (tertiary/aromatic N) is 3. The Kier molecular flexibility index (Phi) is 5.15. The summed E-state index contributed by atoms with van der Waals surface area (Å²) in [6, 6.07) is 8.87. The predicted molar refractivity (Wildman–Crippen MR) is 88.3 cm³/mol. The highest BCUT2D eigenvalue weighted by molar-refractivity contribution is 7.88. The van der Waals surface area contributed by atoms with E-state index in [0.29, 0.717) is 22.9 Å². The Morgan fingerprint density at radius 2 is 1.92 bits per heavy atom. The molecule has 3 aromatic rings. The van der Waals surface area contributed by atoms with Gasteiger partial charge in [-0.15, -0.1) is 10.2 Å². The van der Waals surface area contributed by atoms with E-state index < -0.39 is 15.8 Å². The largest absolute Gasteiger partial charge is 0.421 e. The number of hydrogen-bond acceptors (Lipinski definition) is 6. The van der Waals surface area contributed by atoms with Gasteiger partial charge in [0, 0.05) is 25.4 Å². The molecule has 0 spiro atoms. The van der Waals surface area contributed by atoms with E-state index in [1.165, 1.54) is 24.3 Å². The monoisotopic (exact) mass is 362 g/mol. The van der Waals surface area contributed by atoms with Gasteiger partial charge in [0.25, 0.3) is 0 Å². The summed E-state index contributed by atoms with van der Waals surface area (Å²) in [4.78, 5) is 3.97. The SMILES string of the molecule is O=S(=O)(Cc1ccc(F)cc1)NCCc1nnc(-c2cccnc2)o1. The summed E-state index contributed by atoms with van der Waals surface area (Å²) in [6.07, 6.45) is 3.50. The second kappa shape index (κ2) is 7.49. The van der Waals surface area contributed by atoms with Crippen molar-refractivity contribution in [3.63, 3.8) is 0 Å². The number of sulfonamides is 1. The standard InChI is InChI=1S/C16H15FN4O3S/c17-14-5-3-12(4-6-14)11-25(22,23)19-9-7-15-20-21-16(24-15)13-2-1-8-18-10-13/h1-6,8,10,19H,7,9,11H2. The Morgan fingerprint density at radius 3 is 2.64 bits per heavy atom. The first-order chi connectivity index (χ1) is 12.0. The molecule has 1 aromatic carbocycles. The molecule has 0 atom stereocenters. The molecule has 25 heavy (non-hydrogen) atoms. The van der Waals surface area contributed by atoms with Gasteiger partial charge in [0.15, 0.2) is 0 Å². The van der Waals surface area contributed by atoms with Gasteiger partial charge in [-0.25, -0.2) is 17.5 Å². The zero-order chi connectivity index (χ0) is 17.7. The number of rotatable bonds is 7. The molecule has 0 saturated heterocycles. The van der Waals surface area contributed by atoms with E-state index in [2.05, 4.69) is 19.9 Å². The fraction of sp³-hybridized carbons (Fsp3) is 0.188. The molecule has 2 heterocycles. The lowest BCUT2D eigenvalue weighted by atomic mass is 10.2. The summed E-state index contributed by atoms with van der Waals surface area (Å²) in [6.45, 7) is 0.123. The quantitative estimate of drug-likeness (QED) is 0.690. The van der Waals surface area contributed by atoms with Gasteiger partial charge in [-0.2, -0.15) is 0 Å². The molecule has 0 amide bonds. The highest BCUT2D eigenvalue weighted by Gasteiger charge is 2.13. The van der Waals surface area contributed by atoms with Crippen LogP contribution in [0.1, 0.15) is 11.5 Å². The van der Waals surface area contributed by atoms with Crippen molar-refractivity contribution in [2.24, 2.45) is 0 Å². The number of benzene rings is 1. The number of aromatic nitrogens is 3. The molecular weight excluding hydrogens is 347 g/mol. The van der Waals surface area contributed by atoms with Gasteiger partial charge in [-0.3, -0.25) is 4.98 Å². The summed E-state index contributed by atoms with van der Waals surface area (Å²) < 4.78 is 44.8. The molecule has 0 aliphatic rings. The molecule has 1 N–H and O–H groups in total. The van der Waals surface area contributed by atoms with E-state index in [-0.39, 0.29) is 18.7 Å². The second-order valence-electron chi connectivity index (χ2n) is 5.27. The maximum atomic E-state index is 12.8. The molecule has 0 fully saturated rings. The minimum atomic E-state index is -3.54. The lowest BCUT2D eigenvalue weighted by Crippen LogP contribution is -2.27. The highest BCUT2D eigenvalue weighted by atomic mass is 32.2. The molecule has 0 aliphatic heterocycles. The summed E-state index contributed by atoms with van der Waals surface area (Å²) >= 11 is 0. The van der Waals surface area contributed by atoms with Crippen LogP contribution in [0, 0.1) is 5.82 Å². The molecule has 0 radical (unpaired) electrons. The Morgan fingerprint density at radius 1 is 1.12 bits per heavy atom. The van der Waals surface area contributed by atoms with Crippen LogP contribution >= 0.6 is 0 Å². The third-order valence-corrected chi connectivity index (χ3v) is 4.66. The fourth-order valence-corrected chi connectivity index (χ4v) is 3.27. The van der Waals surface area contributed by atoms with Gasteiger partial charge in [0.1, 0.15) is 5.82 Å². The molecule has 9 heteroatoms. The van der Waals surface area contributed by atoms with Crippen LogP contribution in [0.3, 0.4) is 0 Å². The zero-order valence-corrected chi connectivity index (χ0v) is 13.9. The number of hydrogen-bond donors (Lipinski definition) is 1. The van der Waals surface area contributed by atoms with Crippen LogP contribution in [0.25, 0.3) is 11.5 Å². The zero-order valence-electron chi connectivity index (χ0n) is 13.1. The van der Waals surface area contributed by atoms with Crippen molar-refractivity contribution in [2.45, 2.75) is 12.2 Å². The van der Waals surface area contributed by atoms with Crippen molar-refractivity contribution in [3.05, 3.63) is 66.1 Å². The maximum absolute atomic E-state index is 12.8. The van der Waals surface area contributed by atoms with E-state index in [1.54, 1.807) is 24.5 Å². The van der Waals surface area contributed by atoms with E-state index >= 15 is 0 Å². The van der Waals surface area contributed by atoms with Crippen LogP contribution in [0.4, 0.5) is 4.39 Å². The summed E-state index contributed by atoms with van der Waals surface area (Å²) in [5, 5.41) is 7.79. The van der Waals surface area contributed by atoms with Crippen LogP contribution < -0.4 is 4.72 Å². The number of nitrogens with one attached hydrogen (secondary N) is 1. The van der Waals surface area contributed by atoms with E-state index in [0.717, 1.165) is 0 Å². The van der Waals surface area contributed by atoms with Gasteiger partial charge in [0.05, 0.1) is 11.3 Å². The van der Waals surface area contributed by atoms with Crippen molar-refractivity contribution >= 4 is 10.0 Å². The third-order valence-electron chi connectivity index (χ3n) is 3.31. The molecule has 0 aliphatic carbocycles. The molecule has 3 rings (SSSR count). The van der Waals surface area contributed by atoms with E-state index in [4.69, 9.17) is 4.42 Å². The smallest absolute Gasteiger partial charge is 0.249 e. The molecule has 2 aromatic heterocycles. The Labute approximate surface area is 144 Å². The average molecular weight is 362 g/mol. The van der Waals surface area contributed by atoms with Crippen molar-refractivity contribution < 1.29 is 17.2 Å². The highest BCUT2D eigenvalue weighted by Crippen LogP contribution is 2.16. The molecule has 7 nitrogen and oxygen atoms in total. The predicted octanol–water partition coefficient (Wildman–Crippen LogP) is 1.93. The van der Waals surface area contributed by atoms with Gasteiger partial charge in [-0.1, -0.05) is 12.1 Å². The van der Waals surface area contributed by atoms with Crippen molar-refractivity contribution in [2.75, 3.05) is 6.54 Å². The topological polar surface area (TPSA) is 98.0 Å². The van der Waals surface area contributed by atoms with E-state index in [1.807, 2.05) is 0 Å². The van der Waals surface area contributed by atoms with Crippen molar-refractivity contribution in [1.29, 1.82) is 0 Å². The summed E-state index contributed by atoms with van der Waals surface area (Å²) in [5.74, 6) is 0.0217. The normalized spacial score (nSPS) is 11.6. The van der Waals surface area contributed by atoms with Crippen LogP contribution in [0.5, 0.6) is 0 Å². The number of pyridine rings is 1. The van der Waals surface area contributed by atoms with Crippen LogP contribution in [-0.4, -0.2) is 30.1 Å². The summed E-state index contributed by atoms with van der Waals surface area (Å²) in [7, 11) is -3.54. The van der Waals surface area contributed by atoms with Crippen LogP contribution in [0.15, 0.2) is 53.2 Å². The number of halogens is 1. The summed E-state index contributed by atoms with van der Waals surface area (Å²) in [5.41, 5.74) is 1.20. The maximum Gasteiger partial charge on any atom is 0.249 e. The molecule has 0 unspecified atom stereocenters. The first-order valence-corrected chi connectivity index (χ1v) is 9.12. The van der Waals surface area contributed by atoms with Crippen molar-refractivity contribution in [3.8, 4) is 11.5 Å². The van der Waals surface area contributed by atoms with Crippen molar-refractivity contribution in [1.82, 2.24) is 19.9 Å². The Hall–Kier alpha value is -2.65. The lowest BCUT2D eigenvalue weighted by molar-refractivity contribution is 0.501. The third kappa shape index (κ3) is 4.91. The first-order valence-electron chi connectivity index (χ1n) is 7.46. The van der Waals surface area contributed by atoms with Gasteiger partial charge < -0.3 is 4.42 Å². The van der Waals surface area contributed by atoms with E-state index in [9.17, 15) is 12.8 Å². The van der Waals surface area contributed by atoms with Crippen LogP contribution in [0.2, 0.25) is 0 Å². The van der Waals surface area contributed by atoms with Gasteiger partial charge in [-0.05, 0) is 29.8 Å². The Balaban J connectivity index is 1.54. The fourth-order valence-electron chi connectivity index (χ4n) is 2.13. The second-order valence-corrected chi connectivity index (χ2v) is 7.08. The lowest BCUT2D eigenvalue weighted by Gasteiger charge is -2.05. The first kappa shape index (κ1) is 17.2. The molecular formula is C16H15FN4O3S. The molecule has 0 saturated carbocycles. The molecule has 130 valence electrons. The minimum Gasteiger partial charge on any atom is -0.421 e. The average Bonchev–Trinajstić information content (AvgIpc) is 3.06. The van der Waals surface area contributed by atoms with Gasteiger partial charge in [0.2, 0.25) is 21.8 Å². The minimum absolute atomic E-state index is 0.123. The Bertz CT molecular complexity index is 928.